The molecule has 1 saturated carbocycles. The van der Waals surface area contributed by atoms with E-state index in [1.54, 1.807) is 0 Å². The molecule has 0 aromatic rings. The fourth-order valence-electron chi connectivity index (χ4n) is 2.41. The Morgan fingerprint density at radius 1 is 1.55 bits per heavy atom. The number of ether oxygens (including phenoxy) is 1. The normalized spacial score (nSPS) is 55.4. The lowest BCUT2D eigenvalue weighted by molar-refractivity contribution is 0.0399. The number of fused-ring (bicyclic) bond motifs is 2. The lowest BCUT2D eigenvalue weighted by Gasteiger charge is -2.24. The van der Waals surface area contributed by atoms with Gasteiger partial charge in [-0.05, 0) is 20.0 Å². The van der Waals surface area contributed by atoms with Crippen LogP contribution in [0.2, 0.25) is 0 Å². The van der Waals surface area contributed by atoms with Crippen LogP contribution in [0.3, 0.4) is 0 Å². The summed E-state index contributed by atoms with van der Waals surface area (Å²) in [6.45, 7) is 2.17. The second-order valence-electron chi connectivity index (χ2n) is 3.95. The summed E-state index contributed by atoms with van der Waals surface area (Å²) in [7, 11) is 2.20. The van der Waals surface area contributed by atoms with E-state index in [-0.39, 0.29) is 0 Å². The van der Waals surface area contributed by atoms with E-state index in [0.29, 0.717) is 24.2 Å². The van der Waals surface area contributed by atoms with Crippen LogP contribution in [0.25, 0.3) is 0 Å². The maximum atomic E-state index is 5.69. The summed E-state index contributed by atoms with van der Waals surface area (Å²) in [5, 5.41) is 3.62. The molecule has 2 saturated heterocycles. The van der Waals surface area contributed by atoms with Crippen LogP contribution in [-0.4, -0.2) is 49.3 Å². The number of nitrogens with one attached hydrogen (secondary N) is 1. The zero-order valence-electron chi connectivity index (χ0n) is 6.79. The molecule has 1 N–H and O–H groups in total. The van der Waals surface area contributed by atoms with Crippen LogP contribution in [0.5, 0.6) is 0 Å². The van der Waals surface area contributed by atoms with Crippen LogP contribution < -0.4 is 5.32 Å². The lowest BCUT2D eigenvalue weighted by Crippen LogP contribution is -2.42. The summed E-state index contributed by atoms with van der Waals surface area (Å²) in [5.41, 5.74) is 0. The van der Waals surface area contributed by atoms with E-state index in [4.69, 9.17) is 4.74 Å². The lowest BCUT2D eigenvalue weighted by atomic mass is 10.2. The fourth-order valence-corrected chi connectivity index (χ4v) is 2.41. The minimum absolute atomic E-state index is 0.511. The van der Waals surface area contributed by atoms with Crippen molar-refractivity contribution in [1.29, 1.82) is 0 Å². The second-order valence-corrected chi connectivity index (χ2v) is 3.95. The highest BCUT2D eigenvalue weighted by molar-refractivity contribution is 5.16. The van der Waals surface area contributed by atoms with E-state index >= 15 is 0 Å². The van der Waals surface area contributed by atoms with Gasteiger partial charge in [0.2, 0.25) is 0 Å². The van der Waals surface area contributed by atoms with Crippen molar-refractivity contribution < 1.29 is 4.74 Å². The molecular weight excluding hydrogens is 140 g/mol. The van der Waals surface area contributed by atoms with Crippen molar-refractivity contribution in [2.75, 3.05) is 20.2 Å². The molecule has 2 heterocycles. The first-order valence-electron chi connectivity index (χ1n) is 4.44. The van der Waals surface area contributed by atoms with Gasteiger partial charge in [0.1, 0.15) is 0 Å². The van der Waals surface area contributed by atoms with E-state index < -0.39 is 0 Å². The van der Waals surface area contributed by atoms with Crippen LogP contribution in [0, 0.1) is 0 Å². The van der Waals surface area contributed by atoms with Crippen LogP contribution >= 0.6 is 0 Å². The summed E-state index contributed by atoms with van der Waals surface area (Å²) < 4.78 is 5.69. The molecule has 1 aliphatic carbocycles. The minimum atomic E-state index is 0.511. The zero-order valence-corrected chi connectivity index (χ0v) is 6.79. The van der Waals surface area contributed by atoms with Gasteiger partial charge >= 0.3 is 0 Å². The Morgan fingerprint density at radius 3 is 3.36 bits per heavy atom. The first kappa shape index (κ1) is 6.40. The summed E-state index contributed by atoms with van der Waals surface area (Å²) in [5.74, 6) is 0. The highest BCUT2D eigenvalue weighted by atomic mass is 16.5. The Labute approximate surface area is 66.7 Å². The molecule has 4 atom stereocenters. The zero-order chi connectivity index (χ0) is 7.42. The van der Waals surface area contributed by atoms with Gasteiger partial charge < -0.3 is 10.1 Å². The van der Waals surface area contributed by atoms with Crippen LogP contribution in [0.1, 0.15) is 6.42 Å². The molecular formula is C8H14N2O. The average molecular weight is 154 g/mol. The number of morpholine rings is 1. The summed E-state index contributed by atoms with van der Waals surface area (Å²) in [6.07, 6.45) is 1.76. The molecule has 3 fully saturated rings. The van der Waals surface area contributed by atoms with Crippen molar-refractivity contribution in [1.82, 2.24) is 10.2 Å². The molecule has 3 aliphatic rings. The first-order chi connectivity index (χ1) is 5.36. The Balaban J connectivity index is 1.86. The Hall–Kier alpha value is -0.120. The molecule has 0 aromatic carbocycles. The van der Waals surface area contributed by atoms with Crippen LogP contribution in [0.15, 0.2) is 0 Å². The standard InChI is InChI=1S/C8H14N2O/c1-10-3-2-5-4-11-8-6(9-5)7(8)10/h5-9H,2-4H2,1H3. The van der Waals surface area contributed by atoms with Crippen molar-refractivity contribution in [3.05, 3.63) is 0 Å². The molecule has 4 unspecified atom stereocenters. The number of likely N-dealkylation sites (N-methyl/N-ethyl adjacent to an activating group) is 1. The molecule has 3 heteroatoms. The van der Waals surface area contributed by atoms with Gasteiger partial charge in [0, 0.05) is 6.04 Å². The Bertz CT molecular complexity index is 181. The quantitative estimate of drug-likeness (QED) is 0.505. The van der Waals surface area contributed by atoms with Gasteiger partial charge in [0.05, 0.1) is 24.8 Å². The third kappa shape index (κ3) is 0.789. The average Bonchev–Trinajstić information content (AvgIpc) is 2.71. The molecule has 0 amide bonds. The maximum Gasteiger partial charge on any atom is 0.0916 e. The van der Waals surface area contributed by atoms with Crippen LogP contribution in [-0.2, 0) is 4.74 Å². The molecule has 3 rings (SSSR count). The van der Waals surface area contributed by atoms with Gasteiger partial charge in [-0.2, -0.15) is 0 Å². The summed E-state index contributed by atoms with van der Waals surface area (Å²) in [6, 6.07) is 1.97. The minimum Gasteiger partial charge on any atom is -0.373 e. The third-order valence-corrected chi connectivity index (χ3v) is 3.17. The number of rotatable bonds is 0. The number of hydrogen-bond acceptors (Lipinski definition) is 3. The van der Waals surface area contributed by atoms with E-state index in [2.05, 4.69) is 17.3 Å². The van der Waals surface area contributed by atoms with Crippen LogP contribution in [0.4, 0.5) is 0 Å². The molecule has 2 aliphatic heterocycles. The van der Waals surface area contributed by atoms with Crippen molar-refractivity contribution in [3.8, 4) is 0 Å². The van der Waals surface area contributed by atoms with Gasteiger partial charge in [-0.3, -0.25) is 4.90 Å². The van der Waals surface area contributed by atoms with Gasteiger partial charge in [-0.25, -0.2) is 0 Å². The Morgan fingerprint density at radius 2 is 2.45 bits per heavy atom. The highest BCUT2D eigenvalue weighted by Crippen LogP contribution is 2.37. The molecule has 0 aromatic heterocycles. The predicted molar refractivity (Wildman–Crippen MR) is 41.5 cm³/mol. The van der Waals surface area contributed by atoms with Crippen molar-refractivity contribution >= 4 is 0 Å². The highest BCUT2D eigenvalue weighted by Gasteiger charge is 2.58. The number of hydrogen-bond donors (Lipinski definition) is 1. The molecule has 62 valence electrons. The van der Waals surface area contributed by atoms with E-state index in [1.807, 2.05) is 0 Å². The fraction of sp³-hybridized carbons (Fsp3) is 1.00. The molecule has 3 nitrogen and oxygen atoms in total. The molecule has 0 spiro atoms. The SMILES string of the molecule is CN1CCC2COC3C(N2)C31. The molecule has 2 bridgehead atoms. The third-order valence-electron chi connectivity index (χ3n) is 3.17. The molecule has 0 radical (unpaired) electrons. The van der Waals surface area contributed by atoms with E-state index in [1.165, 1.54) is 13.0 Å². The smallest absolute Gasteiger partial charge is 0.0916 e. The summed E-state index contributed by atoms with van der Waals surface area (Å²) in [4.78, 5) is 2.43. The van der Waals surface area contributed by atoms with Crippen molar-refractivity contribution in [2.45, 2.75) is 30.7 Å². The van der Waals surface area contributed by atoms with Gasteiger partial charge in [0.15, 0.2) is 0 Å². The van der Waals surface area contributed by atoms with Crippen molar-refractivity contribution in [3.63, 3.8) is 0 Å². The van der Waals surface area contributed by atoms with E-state index in [9.17, 15) is 0 Å². The molecule has 11 heavy (non-hydrogen) atoms. The van der Waals surface area contributed by atoms with E-state index in [0.717, 1.165) is 6.61 Å². The largest absolute Gasteiger partial charge is 0.373 e. The topological polar surface area (TPSA) is 24.5 Å². The monoisotopic (exact) mass is 154 g/mol. The van der Waals surface area contributed by atoms with Gasteiger partial charge in [-0.1, -0.05) is 0 Å². The van der Waals surface area contributed by atoms with Crippen molar-refractivity contribution in [2.24, 2.45) is 0 Å². The van der Waals surface area contributed by atoms with Gasteiger partial charge in [-0.15, -0.1) is 0 Å². The number of nitrogens with zero attached hydrogens (tertiary/aromatic N) is 1. The van der Waals surface area contributed by atoms with Gasteiger partial charge in [0.25, 0.3) is 0 Å². The maximum absolute atomic E-state index is 5.69. The summed E-state index contributed by atoms with van der Waals surface area (Å²) >= 11 is 0. The predicted octanol–water partition coefficient (Wildman–Crippen LogP) is -0.570. The first-order valence-corrected chi connectivity index (χ1v) is 4.44. The second kappa shape index (κ2) is 1.97. The Kier molecular flexibility index (Phi) is 1.15.